The Morgan fingerprint density at radius 2 is 1.88 bits per heavy atom. The highest BCUT2D eigenvalue weighted by Gasteiger charge is 2.22. The SMILES string of the molecule is Cc1ccc(C2=NN(CCC(=O)NC3CCCCC3)C(=O)CC2)cc1. The molecular weight excluding hydrogens is 314 g/mol. The van der Waals surface area contributed by atoms with Gasteiger partial charge in [0, 0.05) is 25.3 Å². The molecule has 5 nitrogen and oxygen atoms in total. The summed E-state index contributed by atoms with van der Waals surface area (Å²) in [4.78, 5) is 24.3. The summed E-state index contributed by atoms with van der Waals surface area (Å²) < 4.78 is 0. The number of amides is 2. The van der Waals surface area contributed by atoms with E-state index in [1.807, 2.05) is 19.1 Å². The summed E-state index contributed by atoms with van der Waals surface area (Å²) in [5.74, 6) is 0.0266. The van der Waals surface area contributed by atoms with E-state index in [1.54, 1.807) is 0 Å². The van der Waals surface area contributed by atoms with Crippen molar-refractivity contribution in [3.63, 3.8) is 0 Å². The van der Waals surface area contributed by atoms with E-state index in [-0.39, 0.29) is 11.8 Å². The minimum atomic E-state index is 0.00123. The van der Waals surface area contributed by atoms with E-state index in [1.165, 1.54) is 29.8 Å². The van der Waals surface area contributed by atoms with Crippen LogP contribution in [-0.2, 0) is 9.59 Å². The molecule has 0 spiro atoms. The number of carbonyl (C=O) groups is 2. The van der Waals surface area contributed by atoms with Crippen LogP contribution in [0.25, 0.3) is 0 Å². The van der Waals surface area contributed by atoms with Crippen LogP contribution in [0.2, 0.25) is 0 Å². The molecule has 1 aliphatic heterocycles. The molecule has 0 saturated heterocycles. The molecule has 5 heteroatoms. The summed E-state index contributed by atoms with van der Waals surface area (Å²) in [7, 11) is 0. The van der Waals surface area contributed by atoms with E-state index in [2.05, 4.69) is 22.6 Å². The molecule has 1 aromatic carbocycles. The zero-order valence-corrected chi connectivity index (χ0v) is 15.0. The van der Waals surface area contributed by atoms with Crippen molar-refractivity contribution in [1.82, 2.24) is 10.3 Å². The zero-order chi connectivity index (χ0) is 17.6. The number of nitrogens with zero attached hydrogens (tertiary/aromatic N) is 2. The van der Waals surface area contributed by atoms with Gasteiger partial charge in [-0.3, -0.25) is 9.59 Å². The second-order valence-corrected chi connectivity index (χ2v) is 7.08. The number of rotatable bonds is 5. The van der Waals surface area contributed by atoms with Gasteiger partial charge in [-0.25, -0.2) is 5.01 Å². The predicted octanol–water partition coefficient (Wildman–Crippen LogP) is 3.16. The van der Waals surface area contributed by atoms with E-state index in [9.17, 15) is 9.59 Å². The van der Waals surface area contributed by atoms with Crippen molar-refractivity contribution in [1.29, 1.82) is 0 Å². The van der Waals surface area contributed by atoms with Crippen LogP contribution in [0.5, 0.6) is 0 Å². The van der Waals surface area contributed by atoms with Crippen molar-refractivity contribution in [3.05, 3.63) is 35.4 Å². The highest BCUT2D eigenvalue weighted by atomic mass is 16.2. The largest absolute Gasteiger partial charge is 0.353 e. The first-order valence-electron chi connectivity index (χ1n) is 9.36. The van der Waals surface area contributed by atoms with Crippen LogP contribution in [-0.4, -0.2) is 35.1 Å². The molecule has 1 heterocycles. The molecule has 1 aliphatic carbocycles. The number of hydrogen-bond acceptors (Lipinski definition) is 3. The van der Waals surface area contributed by atoms with Gasteiger partial charge in [0.1, 0.15) is 0 Å². The van der Waals surface area contributed by atoms with Gasteiger partial charge in [-0.05, 0) is 25.3 Å². The molecule has 0 unspecified atom stereocenters. The third-order valence-corrected chi connectivity index (χ3v) is 5.01. The third kappa shape index (κ3) is 4.91. The lowest BCUT2D eigenvalue weighted by molar-refractivity contribution is -0.132. The first-order valence-corrected chi connectivity index (χ1v) is 9.36. The Morgan fingerprint density at radius 1 is 1.16 bits per heavy atom. The normalized spacial score (nSPS) is 18.8. The molecule has 0 bridgehead atoms. The molecule has 3 rings (SSSR count). The van der Waals surface area contributed by atoms with Gasteiger partial charge in [0.05, 0.1) is 12.3 Å². The summed E-state index contributed by atoms with van der Waals surface area (Å²) in [6.45, 7) is 2.40. The number of hydrogen-bond donors (Lipinski definition) is 1. The Hall–Kier alpha value is -2.17. The molecule has 1 saturated carbocycles. The van der Waals surface area contributed by atoms with Crippen LogP contribution in [0.4, 0.5) is 0 Å². The number of nitrogens with one attached hydrogen (secondary N) is 1. The molecule has 25 heavy (non-hydrogen) atoms. The van der Waals surface area contributed by atoms with E-state index in [0.717, 1.165) is 24.1 Å². The molecule has 1 fully saturated rings. The van der Waals surface area contributed by atoms with Gasteiger partial charge < -0.3 is 5.32 Å². The van der Waals surface area contributed by atoms with Crippen LogP contribution >= 0.6 is 0 Å². The van der Waals surface area contributed by atoms with Crippen molar-refractivity contribution in [2.45, 2.75) is 64.3 Å². The van der Waals surface area contributed by atoms with Gasteiger partial charge in [0.25, 0.3) is 0 Å². The smallest absolute Gasteiger partial charge is 0.243 e. The minimum Gasteiger partial charge on any atom is -0.353 e. The Bertz CT molecular complexity index is 645. The van der Waals surface area contributed by atoms with Crippen molar-refractivity contribution < 1.29 is 9.59 Å². The highest BCUT2D eigenvalue weighted by molar-refractivity contribution is 6.04. The lowest BCUT2D eigenvalue weighted by Gasteiger charge is -2.25. The Kier molecular flexibility index (Phi) is 5.84. The van der Waals surface area contributed by atoms with Crippen molar-refractivity contribution in [2.24, 2.45) is 5.10 Å². The number of aryl methyl sites for hydroxylation is 1. The van der Waals surface area contributed by atoms with Gasteiger partial charge in [-0.2, -0.15) is 5.10 Å². The first-order chi connectivity index (χ1) is 12.1. The zero-order valence-electron chi connectivity index (χ0n) is 15.0. The number of hydrazone groups is 1. The van der Waals surface area contributed by atoms with E-state index in [4.69, 9.17) is 0 Å². The molecule has 0 aromatic heterocycles. The van der Waals surface area contributed by atoms with Crippen LogP contribution in [0.15, 0.2) is 29.4 Å². The summed E-state index contributed by atoms with van der Waals surface area (Å²) in [5.41, 5.74) is 3.18. The molecule has 2 aliphatic rings. The fourth-order valence-corrected chi connectivity index (χ4v) is 3.48. The average molecular weight is 341 g/mol. The Labute approximate surface area is 149 Å². The molecular formula is C20H27N3O2. The standard InChI is InChI=1S/C20H27N3O2/c1-15-7-9-16(10-8-15)18-11-12-20(25)23(22-18)14-13-19(24)21-17-5-3-2-4-6-17/h7-10,17H,2-6,11-14H2,1H3,(H,21,24). The van der Waals surface area contributed by atoms with E-state index >= 15 is 0 Å². The molecule has 0 radical (unpaired) electrons. The maximum absolute atomic E-state index is 12.2. The van der Waals surface area contributed by atoms with Crippen molar-refractivity contribution in [3.8, 4) is 0 Å². The predicted molar refractivity (Wildman–Crippen MR) is 98.3 cm³/mol. The van der Waals surface area contributed by atoms with E-state index in [0.29, 0.717) is 31.8 Å². The van der Waals surface area contributed by atoms with Crippen LogP contribution < -0.4 is 5.32 Å². The van der Waals surface area contributed by atoms with Gasteiger partial charge in [-0.15, -0.1) is 0 Å². The highest BCUT2D eigenvalue weighted by Crippen LogP contribution is 2.18. The maximum atomic E-state index is 12.2. The first kappa shape index (κ1) is 17.6. The second-order valence-electron chi connectivity index (χ2n) is 7.08. The number of carbonyl (C=O) groups excluding carboxylic acids is 2. The van der Waals surface area contributed by atoms with Crippen molar-refractivity contribution in [2.75, 3.05) is 6.54 Å². The molecule has 1 N–H and O–H groups in total. The van der Waals surface area contributed by atoms with Crippen LogP contribution in [0, 0.1) is 6.92 Å². The molecule has 134 valence electrons. The van der Waals surface area contributed by atoms with Gasteiger partial charge in [0.2, 0.25) is 11.8 Å². The average Bonchev–Trinajstić information content (AvgIpc) is 2.63. The summed E-state index contributed by atoms with van der Waals surface area (Å²) >= 11 is 0. The topological polar surface area (TPSA) is 61.8 Å². The molecule has 0 atom stereocenters. The van der Waals surface area contributed by atoms with Gasteiger partial charge in [-0.1, -0.05) is 49.1 Å². The van der Waals surface area contributed by atoms with Crippen molar-refractivity contribution >= 4 is 17.5 Å². The van der Waals surface area contributed by atoms with Crippen LogP contribution in [0.1, 0.15) is 62.5 Å². The van der Waals surface area contributed by atoms with Gasteiger partial charge >= 0.3 is 0 Å². The molecule has 2 amide bonds. The minimum absolute atomic E-state index is 0.00123. The Balaban J connectivity index is 1.56. The van der Waals surface area contributed by atoms with E-state index < -0.39 is 0 Å². The maximum Gasteiger partial charge on any atom is 0.243 e. The number of benzene rings is 1. The fraction of sp³-hybridized carbons (Fsp3) is 0.550. The monoisotopic (exact) mass is 341 g/mol. The third-order valence-electron chi connectivity index (χ3n) is 5.01. The molecule has 1 aromatic rings. The second kappa shape index (κ2) is 8.28. The summed E-state index contributed by atoms with van der Waals surface area (Å²) in [6.07, 6.45) is 7.23. The van der Waals surface area contributed by atoms with Crippen LogP contribution in [0.3, 0.4) is 0 Å². The Morgan fingerprint density at radius 3 is 2.60 bits per heavy atom. The summed E-state index contributed by atoms with van der Waals surface area (Å²) in [6, 6.07) is 8.49. The fourth-order valence-electron chi connectivity index (χ4n) is 3.48. The summed E-state index contributed by atoms with van der Waals surface area (Å²) in [5, 5.41) is 9.07. The quantitative estimate of drug-likeness (QED) is 0.894. The van der Waals surface area contributed by atoms with Gasteiger partial charge in [0.15, 0.2) is 0 Å². The lowest BCUT2D eigenvalue weighted by Crippen LogP contribution is -2.39. The lowest BCUT2D eigenvalue weighted by atomic mass is 9.95.